The van der Waals surface area contributed by atoms with Crippen molar-refractivity contribution in [2.75, 3.05) is 0 Å². The Kier molecular flexibility index (Phi) is 4.73. The number of carboxylic acids is 6. The molecule has 0 aliphatic heterocycles. The molecular weight excluding hydrogens is 384 g/mol. The number of benzene rings is 2. The van der Waals surface area contributed by atoms with E-state index in [4.69, 9.17) is 0 Å². The Morgan fingerprint density at radius 3 is 1.21 bits per heavy atom. The van der Waals surface area contributed by atoms with Crippen LogP contribution in [0.3, 0.4) is 0 Å². The fraction of sp³-hybridized carbons (Fsp3) is 0. The third-order valence-electron chi connectivity index (χ3n) is 3.70. The van der Waals surface area contributed by atoms with Crippen LogP contribution >= 0.6 is 0 Å². The van der Waals surface area contributed by atoms with Gasteiger partial charge >= 0.3 is 0 Å². The van der Waals surface area contributed by atoms with E-state index >= 15 is 0 Å². The summed E-state index contributed by atoms with van der Waals surface area (Å²) in [6.45, 7) is 0. The molecule has 2 rings (SSSR count). The van der Waals surface area contributed by atoms with E-state index in [9.17, 15) is 59.4 Å². The molecule has 0 aliphatic rings. The second-order valence-corrected chi connectivity index (χ2v) is 5.17. The van der Waals surface area contributed by atoms with Gasteiger partial charge in [-0.25, -0.2) is 0 Å². The van der Waals surface area contributed by atoms with Gasteiger partial charge in [0.25, 0.3) is 0 Å². The van der Waals surface area contributed by atoms with Crippen LogP contribution in [0.5, 0.6) is 0 Å². The zero-order valence-corrected chi connectivity index (χ0v) is 13.1. The summed E-state index contributed by atoms with van der Waals surface area (Å²) in [5, 5.41) is 65.7. The molecule has 0 unspecified atom stereocenters. The number of aromatic carboxylic acids is 6. The normalized spacial score (nSPS) is 10.4. The summed E-state index contributed by atoms with van der Waals surface area (Å²) >= 11 is 0. The quantitative estimate of drug-likeness (QED) is 0.449. The first-order valence-corrected chi connectivity index (χ1v) is 6.85. The average molecular weight is 386 g/mol. The summed E-state index contributed by atoms with van der Waals surface area (Å²) < 4.78 is 0. The van der Waals surface area contributed by atoms with E-state index in [1.807, 2.05) is 0 Å². The molecule has 12 nitrogen and oxygen atoms in total. The van der Waals surface area contributed by atoms with E-state index in [1.54, 1.807) is 0 Å². The van der Waals surface area contributed by atoms with Gasteiger partial charge in [0.1, 0.15) is 0 Å². The van der Waals surface area contributed by atoms with Crippen molar-refractivity contribution in [1.82, 2.24) is 0 Å². The van der Waals surface area contributed by atoms with Gasteiger partial charge in [-0.3, -0.25) is 0 Å². The second kappa shape index (κ2) is 6.68. The summed E-state index contributed by atoms with van der Waals surface area (Å²) in [5.74, 6) is -14.0. The maximum absolute atomic E-state index is 11.5. The first kappa shape index (κ1) is 19.8. The molecule has 0 aromatic heterocycles. The highest BCUT2D eigenvalue weighted by Crippen LogP contribution is 2.33. The molecular formula is C16H2O12-6. The fourth-order valence-electron chi connectivity index (χ4n) is 2.70. The Morgan fingerprint density at radius 2 is 0.857 bits per heavy atom. The minimum atomic E-state index is -2.48. The Balaban J connectivity index is 3.44. The fourth-order valence-corrected chi connectivity index (χ4v) is 2.70. The predicted octanol–water partition coefficient (Wildman–Crippen LogP) is -6.98. The van der Waals surface area contributed by atoms with Crippen LogP contribution < -0.4 is 30.6 Å². The SMILES string of the molecule is O=C([O-])c1cc2c(C(=O)[O-])cc(C(=O)[O-])c(C(=O)[O-])c2c(C(=O)[O-])c1C(=O)[O-]. The third-order valence-corrected chi connectivity index (χ3v) is 3.70. The summed E-state index contributed by atoms with van der Waals surface area (Å²) in [6.07, 6.45) is 0. The zero-order valence-electron chi connectivity index (χ0n) is 13.1. The molecule has 0 atom stereocenters. The molecule has 0 fully saturated rings. The maximum Gasteiger partial charge on any atom is 0.0728 e. The largest absolute Gasteiger partial charge is 0.545 e. The summed E-state index contributed by atoms with van der Waals surface area (Å²) in [5.41, 5.74) is -8.73. The van der Waals surface area contributed by atoms with Crippen LogP contribution in [0, 0.1) is 0 Å². The van der Waals surface area contributed by atoms with Gasteiger partial charge in [0.05, 0.1) is 35.8 Å². The monoisotopic (exact) mass is 386 g/mol. The lowest BCUT2D eigenvalue weighted by molar-refractivity contribution is -0.261. The summed E-state index contributed by atoms with van der Waals surface area (Å²) in [4.78, 5) is 67.9. The Morgan fingerprint density at radius 1 is 0.464 bits per heavy atom. The van der Waals surface area contributed by atoms with Crippen molar-refractivity contribution in [3.63, 3.8) is 0 Å². The number of carboxylic acid groups (broad SMARTS) is 6. The van der Waals surface area contributed by atoms with Crippen LogP contribution in [0.15, 0.2) is 12.1 Å². The van der Waals surface area contributed by atoms with Crippen molar-refractivity contribution < 1.29 is 59.4 Å². The lowest BCUT2D eigenvalue weighted by Gasteiger charge is -2.25. The molecule has 0 saturated carbocycles. The number of carbonyl (C=O) groups excluding carboxylic acids is 6. The molecule has 0 aliphatic carbocycles. The van der Waals surface area contributed by atoms with E-state index < -0.39 is 80.0 Å². The van der Waals surface area contributed by atoms with Gasteiger partial charge in [-0.1, -0.05) is 0 Å². The van der Waals surface area contributed by atoms with Crippen molar-refractivity contribution in [3.05, 3.63) is 45.5 Å². The Bertz CT molecular complexity index is 1110. The molecule has 0 bridgehead atoms. The van der Waals surface area contributed by atoms with Gasteiger partial charge in [0.2, 0.25) is 0 Å². The van der Waals surface area contributed by atoms with Crippen LogP contribution in [-0.4, -0.2) is 35.8 Å². The number of rotatable bonds is 6. The van der Waals surface area contributed by atoms with Crippen LogP contribution in [-0.2, 0) is 0 Å². The maximum atomic E-state index is 11.5. The van der Waals surface area contributed by atoms with Crippen LogP contribution in [0.25, 0.3) is 10.8 Å². The first-order chi connectivity index (χ1) is 12.9. The van der Waals surface area contributed by atoms with Crippen LogP contribution in [0.1, 0.15) is 62.1 Å². The first-order valence-electron chi connectivity index (χ1n) is 6.85. The second-order valence-electron chi connectivity index (χ2n) is 5.17. The smallest absolute Gasteiger partial charge is 0.0728 e. The molecule has 144 valence electrons. The molecule has 0 spiro atoms. The molecule has 2 aromatic rings. The highest BCUT2D eigenvalue weighted by Gasteiger charge is 2.23. The molecule has 12 heteroatoms. The topological polar surface area (TPSA) is 241 Å². The molecule has 0 amide bonds. The van der Waals surface area contributed by atoms with Crippen molar-refractivity contribution in [2.24, 2.45) is 0 Å². The van der Waals surface area contributed by atoms with E-state index in [-0.39, 0.29) is 12.1 Å². The van der Waals surface area contributed by atoms with E-state index in [2.05, 4.69) is 0 Å². The number of fused-ring (bicyclic) bond motifs is 1. The molecule has 0 saturated heterocycles. The highest BCUT2D eigenvalue weighted by atomic mass is 16.4. The van der Waals surface area contributed by atoms with Crippen molar-refractivity contribution >= 4 is 46.6 Å². The number of carbonyl (C=O) groups is 6. The molecule has 0 heterocycles. The van der Waals surface area contributed by atoms with Gasteiger partial charge in [-0.2, -0.15) is 0 Å². The van der Waals surface area contributed by atoms with Gasteiger partial charge in [0.15, 0.2) is 0 Å². The van der Waals surface area contributed by atoms with Gasteiger partial charge < -0.3 is 59.4 Å². The predicted molar refractivity (Wildman–Crippen MR) is 69.9 cm³/mol. The van der Waals surface area contributed by atoms with Gasteiger partial charge in [-0.05, 0) is 17.5 Å². The minimum Gasteiger partial charge on any atom is -0.545 e. The Labute approximate surface area is 152 Å². The summed E-state index contributed by atoms with van der Waals surface area (Å²) in [6, 6.07) is 0.466. The van der Waals surface area contributed by atoms with E-state index in [0.717, 1.165) is 0 Å². The van der Waals surface area contributed by atoms with Gasteiger partial charge in [0, 0.05) is 38.8 Å². The molecule has 0 N–H and O–H groups in total. The van der Waals surface area contributed by atoms with Crippen LogP contribution in [0.2, 0.25) is 0 Å². The lowest BCUT2D eigenvalue weighted by Crippen LogP contribution is -2.37. The Hall–Kier alpha value is -4.48. The number of hydrogen-bond donors (Lipinski definition) is 0. The summed E-state index contributed by atoms with van der Waals surface area (Å²) in [7, 11) is 0. The highest BCUT2D eigenvalue weighted by molar-refractivity contribution is 6.24. The molecule has 0 radical (unpaired) electrons. The standard InChI is InChI=1S/C16H8O12/c17-11(18)4-2-6(13(21)22)8(14(23)24)7-3(4)1-5(12(19)20)9(15(25)26)10(7)16(27)28/h1-2H,(H,17,18)(H,19,20)(H,21,22)(H,23,24)(H,25,26)(H,27,28)/p-6. The van der Waals surface area contributed by atoms with Crippen molar-refractivity contribution in [2.45, 2.75) is 0 Å². The van der Waals surface area contributed by atoms with E-state index in [0.29, 0.717) is 0 Å². The van der Waals surface area contributed by atoms with Crippen molar-refractivity contribution in [1.29, 1.82) is 0 Å². The third kappa shape index (κ3) is 2.94. The van der Waals surface area contributed by atoms with Gasteiger partial charge in [-0.15, -0.1) is 0 Å². The van der Waals surface area contributed by atoms with Crippen molar-refractivity contribution in [3.8, 4) is 0 Å². The molecule has 2 aromatic carbocycles. The van der Waals surface area contributed by atoms with E-state index in [1.165, 1.54) is 0 Å². The lowest BCUT2D eigenvalue weighted by atomic mass is 9.86. The average Bonchev–Trinajstić information content (AvgIpc) is 2.57. The number of hydrogen-bond acceptors (Lipinski definition) is 12. The zero-order chi connectivity index (χ0) is 21.5. The minimum absolute atomic E-state index is 0.203. The van der Waals surface area contributed by atoms with Crippen LogP contribution in [0.4, 0.5) is 0 Å². The molecule has 28 heavy (non-hydrogen) atoms.